The summed E-state index contributed by atoms with van der Waals surface area (Å²) in [5.74, 6) is 0.711. The fourth-order valence-electron chi connectivity index (χ4n) is 6.27. The molecule has 1 saturated heterocycles. The van der Waals surface area contributed by atoms with Crippen LogP contribution < -0.4 is 4.74 Å². The number of halogens is 1. The molecule has 11 heteroatoms. The van der Waals surface area contributed by atoms with Crippen molar-refractivity contribution in [1.82, 2.24) is 23.7 Å². The first-order valence-electron chi connectivity index (χ1n) is 13.0. The number of fused-ring (bicyclic) bond motifs is 4. The third kappa shape index (κ3) is 4.44. The number of aliphatic hydroxyl groups excluding tert-OH is 1. The van der Waals surface area contributed by atoms with E-state index < -0.39 is 21.5 Å². The number of rotatable bonds is 6. The van der Waals surface area contributed by atoms with Crippen molar-refractivity contribution in [1.29, 1.82) is 0 Å². The summed E-state index contributed by atoms with van der Waals surface area (Å²) in [5.41, 5.74) is 3.35. The molecule has 39 heavy (non-hydrogen) atoms. The van der Waals surface area contributed by atoms with Gasteiger partial charge in [0.1, 0.15) is 5.75 Å². The van der Waals surface area contributed by atoms with E-state index in [1.165, 1.54) is 16.8 Å². The van der Waals surface area contributed by atoms with Gasteiger partial charge in [0.25, 0.3) is 10.0 Å². The Hall–Kier alpha value is -2.89. The third-order valence-electron chi connectivity index (χ3n) is 8.30. The maximum absolute atomic E-state index is 13.9. The molecule has 0 amide bonds. The highest BCUT2D eigenvalue weighted by Gasteiger charge is 2.51. The molecule has 6 rings (SSSR count). The zero-order chi connectivity index (χ0) is 27.4. The molecule has 2 N–H and O–H groups in total. The number of hydrogen-bond acceptors (Lipinski definition) is 6. The van der Waals surface area contributed by atoms with Crippen LogP contribution in [0.25, 0.3) is 10.9 Å². The maximum Gasteiger partial charge on any atom is 0.262 e. The molecule has 0 aliphatic carbocycles. The van der Waals surface area contributed by atoms with Crippen LogP contribution >= 0.6 is 11.6 Å². The van der Waals surface area contributed by atoms with Crippen LogP contribution in [0.5, 0.6) is 5.75 Å². The van der Waals surface area contributed by atoms with E-state index in [0.29, 0.717) is 5.75 Å². The maximum atomic E-state index is 13.9. The smallest absolute Gasteiger partial charge is 0.262 e. The number of ether oxygens (including phenoxy) is 1. The minimum Gasteiger partial charge on any atom is -0.497 e. The standard InChI is InChI=1S/C28H32ClN5O4S/c1-32-15-25(30-18-32)39(36,37)34-17-28(9-11-33(12-10-28)14-19-5-3-4-6-22(19)29)26-21-8-7-20(38-2)13-23(21)31-27(26)24(34)16-35/h3-8,13,15,18,24,31,35H,9-12,14,16-17H2,1-2H3/t24-/m0/s1. The average Bonchev–Trinajstić information content (AvgIpc) is 3.55. The van der Waals surface area contributed by atoms with E-state index in [4.69, 9.17) is 16.3 Å². The van der Waals surface area contributed by atoms with E-state index >= 15 is 0 Å². The number of H-pyrrole nitrogens is 1. The highest BCUT2D eigenvalue weighted by atomic mass is 35.5. The topological polar surface area (TPSA) is 104 Å². The molecule has 206 valence electrons. The number of aliphatic hydroxyl groups is 1. The van der Waals surface area contributed by atoms with Gasteiger partial charge in [-0.25, -0.2) is 13.4 Å². The quantitative estimate of drug-likeness (QED) is 0.366. The van der Waals surface area contributed by atoms with Gasteiger partial charge in [-0.15, -0.1) is 0 Å². The Kier molecular flexibility index (Phi) is 6.71. The highest BCUT2D eigenvalue weighted by molar-refractivity contribution is 7.89. The van der Waals surface area contributed by atoms with Crippen molar-refractivity contribution in [2.75, 3.05) is 33.4 Å². The molecule has 0 saturated carbocycles. The molecule has 1 atom stereocenters. The molecule has 9 nitrogen and oxygen atoms in total. The van der Waals surface area contributed by atoms with Crippen molar-refractivity contribution in [3.63, 3.8) is 0 Å². The van der Waals surface area contributed by atoms with Crippen molar-refractivity contribution < 1.29 is 18.3 Å². The molecule has 0 bridgehead atoms. The number of nitrogens with zero attached hydrogens (tertiary/aromatic N) is 4. The summed E-state index contributed by atoms with van der Waals surface area (Å²) in [7, 11) is -0.609. The Morgan fingerprint density at radius 2 is 1.97 bits per heavy atom. The number of aromatic amines is 1. The van der Waals surface area contributed by atoms with Crippen LogP contribution in [0.15, 0.2) is 60.0 Å². The summed E-state index contributed by atoms with van der Waals surface area (Å²) in [6.07, 6.45) is 4.51. The van der Waals surface area contributed by atoms with Crippen molar-refractivity contribution in [3.8, 4) is 5.75 Å². The molecule has 2 aliphatic rings. The van der Waals surface area contributed by atoms with Crippen LogP contribution in [0.3, 0.4) is 0 Å². The lowest BCUT2D eigenvalue weighted by Crippen LogP contribution is -2.55. The lowest BCUT2D eigenvalue weighted by molar-refractivity contribution is 0.0931. The Labute approximate surface area is 233 Å². The Balaban J connectivity index is 1.43. The number of likely N-dealkylation sites (tertiary alicyclic amines) is 1. The minimum atomic E-state index is -3.97. The first-order chi connectivity index (χ1) is 18.8. The van der Waals surface area contributed by atoms with Crippen LogP contribution in [-0.4, -0.2) is 70.6 Å². The second kappa shape index (κ2) is 9.94. The SMILES string of the molecule is COc1ccc2c3c([nH]c2c1)[C@H](CO)N(S(=O)(=O)c1cn(C)cn1)CC31CCN(Cc2ccccc2Cl)CC1. The van der Waals surface area contributed by atoms with Gasteiger partial charge in [0.2, 0.25) is 0 Å². The van der Waals surface area contributed by atoms with Crippen LogP contribution in [0.1, 0.15) is 35.7 Å². The molecular formula is C28H32ClN5O4S. The van der Waals surface area contributed by atoms with E-state index in [2.05, 4.69) is 14.9 Å². The molecule has 0 unspecified atom stereocenters. The fourth-order valence-corrected chi connectivity index (χ4v) is 8.11. The van der Waals surface area contributed by atoms with Gasteiger partial charge >= 0.3 is 0 Å². The normalized spacial score (nSPS) is 19.9. The first kappa shape index (κ1) is 26.3. The number of aromatic nitrogens is 3. The van der Waals surface area contributed by atoms with E-state index in [-0.39, 0.29) is 18.2 Å². The van der Waals surface area contributed by atoms with E-state index in [1.54, 1.807) is 18.7 Å². The van der Waals surface area contributed by atoms with Crippen molar-refractivity contribution in [3.05, 3.63) is 76.8 Å². The number of hydrogen-bond donors (Lipinski definition) is 2. The molecule has 1 spiro atoms. The Bertz CT molecular complexity index is 1620. The molecule has 1 fully saturated rings. The van der Waals surface area contributed by atoms with Crippen molar-refractivity contribution >= 4 is 32.5 Å². The lowest BCUT2D eigenvalue weighted by Gasteiger charge is -2.49. The van der Waals surface area contributed by atoms with Crippen LogP contribution in [-0.2, 0) is 29.0 Å². The highest BCUT2D eigenvalue weighted by Crippen LogP contribution is 2.50. The molecule has 0 radical (unpaired) electrons. The first-order valence-corrected chi connectivity index (χ1v) is 14.8. The molecule has 2 aromatic heterocycles. The summed E-state index contributed by atoms with van der Waals surface area (Å²) >= 11 is 6.44. The largest absolute Gasteiger partial charge is 0.497 e. The number of nitrogens with one attached hydrogen (secondary N) is 1. The molecule has 4 heterocycles. The van der Waals surface area contributed by atoms with Crippen LogP contribution in [0, 0.1) is 0 Å². The summed E-state index contributed by atoms with van der Waals surface area (Å²) in [4.78, 5) is 10.0. The van der Waals surface area contributed by atoms with E-state index in [9.17, 15) is 13.5 Å². The van der Waals surface area contributed by atoms with Crippen LogP contribution in [0.2, 0.25) is 5.02 Å². The van der Waals surface area contributed by atoms with Gasteiger partial charge in [-0.05, 0) is 55.3 Å². The second-order valence-corrected chi connectivity index (χ2v) is 12.8. The Morgan fingerprint density at radius 1 is 1.21 bits per heavy atom. The average molecular weight is 570 g/mol. The predicted molar refractivity (Wildman–Crippen MR) is 149 cm³/mol. The zero-order valence-electron chi connectivity index (χ0n) is 22.0. The van der Waals surface area contributed by atoms with Gasteiger partial charge in [0, 0.05) is 59.4 Å². The summed E-state index contributed by atoms with van der Waals surface area (Å²) < 4.78 is 36.4. The van der Waals surface area contributed by atoms with Gasteiger partial charge < -0.3 is 19.4 Å². The van der Waals surface area contributed by atoms with Gasteiger partial charge in [-0.2, -0.15) is 4.31 Å². The monoisotopic (exact) mass is 569 g/mol. The number of imidazole rings is 1. The number of sulfonamides is 1. The fraction of sp³-hybridized carbons (Fsp3) is 0.393. The summed E-state index contributed by atoms with van der Waals surface area (Å²) in [6, 6.07) is 13.0. The van der Waals surface area contributed by atoms with Gasteiger partial charge in [-0.1, -0.05) is 29.8 Å². The van der Waals surface area contributed by atoms with Gasteiger partial charge in [0.05, 0.1) is 26.1 Å². The van der Waals surface area contributed by atoms with Crippen molar-refractivity contribution in [2.24, 2.45) is 7.05 Å². The number of methoxy groups -OCH3 is 1. The molecular weight excluding hydrogens is 538 g/mol. The molecule has 2 aliphatic heterocycles. The summed E-state index contributed by atoms with van der Waals surface area (Å²) in [6.45, 7) is 2.23. The van der Waals surface area contributed by atoms with E-state index in [0.717, 1.165) is 65.2 Å². The molecule has 4 aromatic rings. The predicted octanol–water partition coefficient (Wildman–Crippen LogP) is 3.84. The summed E-state index contributed by atoms with van der Waals surface area (Å²) in [5, 5.41) is 12.3. The van der Waals surface area contributed by atoms with Crippen molar-refractivity contribution in [2.45, 2.75) is 35.9 Å². The minimum absolute atomic E-state index is 0.0176. The molecule has 2 aromatic carbocycles. The van der Waals surface area contributed by atoms with Gasteiger partial charge in [-0.3, -0.25) is 4.90 Å². The van der Waals surface area contributed by atoms with Crippen LogP contribution in [0.4, 0.5) is 0 Å². The number of benzene rings is 2. The van der Waals surface area contributed by atoms with E-state index in [1.807, 2.05) is 42.5 Å². The zero-order valence-corrected chi connectivity index (χ0v) is 23.5. The number of aryl methyl sites for hydroxylation is 1. The second-order valence-electron chi connectivity index (χ2n) is 10.6. The lowest BCUT2D eigenvalue weighted by atomic mass is 9.69. The Morgan fingerprint density at radius 3 is 2.64 bits per heavy atom. The third-order valence-corrected chi connectivity index (χ3v) is 10.4. The van der Waals surface area contributed by atoms with Gasteiger partial charge in [0.15, 0.2) is 5.03 Å². The number of piperidine rings is 1.